The van der Waals surface area contributed by atoms with Gasteiger partial charge in [0.25, 0.3) is 5.69 Å². The molecule has 3 aromatic rings. The molecule has 1 unspecified atom stereocenters. The van der Waals surface area contributed by atoms with Gasteiger partial charge in [0.2, 0.25) is 11.1 Å². The van der Waals surface area contributed by atoms with Crippen molar-refractivity contribution < 1.29 is 14.5 Å². The topological polar surface area (TPSA) is 112 Å². The Morgan fingerprint density at radius 1 is 1.30 bits per heavy atom. The maximum absolute atomic E-state index is 12.8. The molecule has 1 atom stereocenters. The third kappa shape index (κ3) is 4.86. The van der Waals surface area contributed by atoms with Gasteiger partial charge in [-0.15, -0.1) is 5.10 Å². The van der Waals surface area contributed by atoms with Crippen LogP contribution in [0, 0.1) is 10.1 Å². The summed E-state index contributed by atoms with van der Waals surface area (Å²) < 4.78 is 6.89. The first kappa shape index (κ1) is 22.8. The minimum absolute atomic E-state index is 0.0392. The average Bonchev–Trinajstić information content (AvgIpc) is 3.19. The van der Waals surface area contributed by atoms with Gasteiger partial charge in [-0.25, -0.2) is 9.48 Å². The van der Waals surface area contributed by atoms with Crippen LogP contribution in [-0.2, 0) is 15.3 Å². The van der Waals surface area contributed by atoms with Gasteiger partial charge in [0, 0.05) is 28.6 Å². The van der Waals surface area contributed by atoms with E-state index in [2.05, 4.69) is 15.4 Å². The third-order valence-electron chi connectivity index (χ3n) is 5.01. The second-order valence-corrected chi connectivity index (χ2v) is 8.60. The number of benzene rings is 2. The minimum Gasteiger partial charge on any atom is -0.463 e. The fourth-order valence-corrected chi connectivity index (χ4v) is 4.51. The first-order valence-corrected chi connectivity index (χ1v) is 11.5. The van der Waals surface area contributed by atoms with Crippen LogP contribution in [0.25, 0.3) is 0 Å². The summed E-state index contributed by atoms with van der Waals surface area (Å²) in [5.74, 6) is 0.598. The molecule has 0 radical (unpaired) electrons. The average molecular weight is 486 g/mol. The van der Waals surface area contributed by atoms with Gasteiger partial charge >= 0.3 is 5.97 Å². The standard InChI is InChI=1S/C22H20ClN5O4S/c1-3-32-20(29)18-13(2)24-21-25-22(33-12-14-5-4-6-16(23)11-14)26-27(21)19(18)15-7-9-17(10-8-15)28(30)31/h4-11,19H,3,12H2,1-2H3,(H,24,25,26). The van der Waals surface area contributed by atoms with Crippen molar-refractivity contribution in [1.29, 1.82) is 0 Å². The van der Waals surface area contributed by atoms with Crippen molar-refractivity contribution in [2.75, 3.05) is 11.9 Å². The molecule has 11 heteroatoms. The number of halogens is 1. The lowest BCUT2D eigenvalue weighted by atomic mass is 9.95. The summed E-state index contributed by atoms with van der Waals surface area (Å²) in [7, 11) is 0. The number of nitrogens with one attached hydrogen (secondary N) is 1. The SMILES string of the molecule is CCOC(=O)C1=C(C)Nc2nc(SCc3cccc(Cl)c3)nn2C1c1ccc([N+](=O)[O-])cc1. The van der Waals surface area contributed by atoms with Crippen LogP contribution in [0.3, 0.4) is 0 Å². The molecule has 1 aliphatic rings. The van der Waals surface area contributed by atoms with E-state index in [0.29, 0.717) is 38.7 Å². The summed E-state index contributed by atoms with van der Waals surface area (Å²) in [5.41, 5.74) is 2.60. The number of nitrogens with zero attached hydrogens (tertiary/aromatic N) is 4. The van der Waals surface area contributed by atoms with E-state index in [9.17, 15) is 14.9 Å². The van der Waals surface area contributed by atoms with Crippen molar-refractivity contribution in [2.24, 2.45) is 0 Å². The van der Waals surface area contributed by atoms with Gasteiger partial charge in [-0.3, -0.25) is 10.1 Å². The number of hydrogen-bond acceptors (Lipinski definition) is 8. The Hall–Kier alpha value is -3.37. The lowest BCUT2D eigenvalue weighted by molar-refractivity contribution is -0.384. The molecule has 9 nitrogen and oxygen atoms in total. The number of nitro benzene ring substituents is 1. The molecule has 0 saturated carbocycles. The molecule has 0 spiro atoms. The molecule has 0 amide bonds. The number of anilines is 1. The number of carbonyl (C=O) groups is 1. The van der Waals surface area contributed by atoms with Gasteiger partial charge in [0.05, 0.1) is 17.1 Å². The highest BCUT2D eigenvalue weighted by atomic mass is 35.5. The summed E-state index contributed by atoms with van der Waals surface area (Å²) in [6, 6.07) is 12.9. The summed E-state index contributed by atoms with van der Waals surface area (Å²) in [6.07, 6.45) is 0. The molecule has 2 heterocycles. The van der Waals surface area contributed by atoms with Crippen LogP contribution in [0.5, 0.6) is 0 Å². The fraction of sp³-hybridized carbons (Fsp3) is 0.227. The Labute approximate surface area is 199 Å². The smallest absolute Gasteiger partial charge is 0.338 e. The van der Waals surface area contributed by atoms with Crippen molar-refractivity contribution in [2.45, 2.75) is 30.8 Å². The zero-order chi connectivity index (χ0) is 23.5. The van der Waals surface area contributed by atoms with Gasteiger partial charge in [-0.2, -0.15) is 4.98 Å². The number of rotatable bonds is 7. The third-order valence-corrected chi connectivity index (χ3v) is 6.15. The number of fused-ring (bicyclic) bond motifs is 1. The van der Waals surface area contributed by atoms with Crippen molar-refractivity contribution in [3.05, 3.63) is 86.1 Å². The highest BCUT2D eigenvalue weighted by molar-refractivity contribution is 7.98. The maximum Gasteiger partial charge on any atom is 0.338 e. The fourth-order valence-electron chi connectivity index (χ4n) is 3.53. The molecule has 2 aromatic carbocycles. The molecule has 0 bridgehead atoms. The monoisotopic (exact) mass is 485 g/mol. The predicted octanol–water partition coefficient (Wildman–Crippen LogP) is 4.98. The Morgan fingerprint density at radius 3 is 2.73 bits per heavy atom. The number of nitro groups is 1. The number of aromatic nitrogens is 3. The van der Waals surface area contributed by atoms with E-state index in [1.54, 1.807) is 30.7 Å². The number of esters is 1. The van der Waals surface area contributed by atoms with Crippen molar-refractivity contribution in [3.8, 4) is 0 Å². The number of hydrogen-bond donors (Lipinski definition) is 1. The first-order chi connectivity index (χ1) is 15.9. The summed E-state index contributed by atoms with van der Waals surface area (Å²) in [6.45, 7) is 3.71. The van der Waals surface area contributed by atoms with E-state index in [1.165, 1.54) is 23.9 Å². The van der Waals surface area contributed by atoms with Crippen LogP contribution in [0.4, 0.5) is 11.6 Å². The highest BCUT2D eigenvalue weighted by Crippen LogP contribution is 2.37. The summed E-state index contributed by atoms with van der Waals surface area (Å²) >= 11 is 7.50. The van der Waals surface area contributed by atoms with Gasteiger partial charge in [-0.1, -0.05) is 35.5 Å². The molecule has 4 rings (SSSR count). The van der Waals surface area contributed by atoms with Gasteiger partial charge in [0.1, 0.15) is 6.04 Å². The van der Waals surface area contributed by atoms with Gasteiger partial charge < -0.3 is 10.1 Å². The lowest BCUT2D eigenvalue weighted by Crippen LogP contribution is -2.29. The number of thioether (sulfide) groups is 1. The van der Waals surface area contributed by atoms with E-state index in [0.717, 1.165) is 5.56 Å². The Morgan fingerprint density at radius 2 is 2.06 bits per heavy atom. The van der Waals surface area contributed by atoms with E-state index in [4.69, 9.17) is 16.3 Å². The predicted molar refractivity (Wildman–Crippen MR) is 125 cm³/mol. The molecule has 170 valence electrons. The van der Waals surface area contributed by atoms with Crippen molar-refractivity contribution in [1.82, 2.24) is 14.8 Å². The quantitative estimate of drug-likeness (QED) is 0.216. The van der Waals surface area contributed by atoms with Crippen LogP contribution in [0.1, 0.15) is 31.0 Å². The summed E-state index contributed by atoms with van der Waals surface area (Å²) in [4.78, 5) is 28.0. The normalized spacial score (nSPS) is 15.1. The largest absolute Gasteiger partial charge is 0.463 e. The zero-order valence-electron chi connectivity index (χ0n) is 17.8. The van der Waals surface area contributed by atoms with E-state index in [-0.39, 0.29) is 12.3 Å². The van der Waals surface area contributed by atoms with E-state index < -0.39 is 16.9 Å². The second-order valence-electron chi connectivity index (χ2n) is 7.22. The van der Waals surface area contributed by atoms with Crippen molar-refractivity contribution in [3.63, 3.8) is 0 Å². The molecule has 0 fully saturated rings. The minimum atomic E-state index is -0.644. The second kappa shape index (κ2) is 9.63. The van der Waals surface area contributed by atoms with Crippen LogP contribution < -0.4 is 5.32 Å². The number of non-ortho nitro benzene ring substituents is 1. The molecule has 0 aliphatic carbocycles. The van der Waals surface area contributed by atoms with Gasteiger partial charge in [-0.05, 0) is 49.2 Å². The maximum atomic E-state index is 12.8. The van der Waals surface area contributed by atoms with Crippen LogP contribution in [-0.4, -0.2) is 32.3 Å². The van der Waals surface area contributed by atoms with Gasteiger partial charge in [0.15, 0.2) is 0 Å². The molecule has 33 heavy (non-hydrogen) atoms. The van der Waals surface area contributed by atoms with E-state index in [1.807, 2.05) is 24.3 Å². The molecule has 1 N–H and O–H groups in total. The van der Waals surface area contributed by atoms with Crippen LogP contribution >= 0.6 is 23.4 Å². The molecular weight excluding hydrogens is 466 g/mol. The van der Waals surface area contributed by atoms with Crippen molar-refractivity contribution >= 4 is 41.0 Å². The lowest BCUT2D eigenvalue weighted by Gasteiger charge is -2.28. The highest BCUT2D eigenvalue weighted by Gasteiger charge is 2.35. The number of allylic oxidation sites excluding steroid dienone is 1. The zero-order valence-corrected chi connectivity index (χ0v) is 19.4. The molecule has 1 aromatic heterocycles. The summed E-state index contributed by atoms with van der Waals surface area (Å²) in [5, 5.41) is 20.0. The first-order valence-electron chi connectivity index (χ1n) is 10.1. The number of carbonyl (C=O) groups excluding carboxylic acids is 1. The van der Waals surface area contributed by atoms with Crippen LogP contribution in [0.15, 0.2) is 65.0 Å². The molecule has 0 saturated heterocycles. The van der Waals surface area contributed by atoms with E-state index >= 15 is 0 Å². The Balaban J connectivity index is 1.70. The Bertz CT molecular complexity index is 1240. The number of ether oxygens (including phenoxy) is 1. The molecule has 1 aliphatic heterocycles. The Kier molecular flexibility index (Phi) is 6.66. The van der Waals surface area contributed by atoms with Crippen LogP contribution in [0.2, 0.25) is 5.02 Å². The molecular formula is C22H20ClN5O4S.